The molecule has 0 aliphatic carbocycles. The van der Waals surface area contributed by atoms with Gasteiger partial charge >= 0.3 is 6.18 Å². The van der Waals surface area contributed by atoms with Crippen LogP contribution in [-0.2, 0) is 6.18 Å². The van der Waals surface area contributed by atoms with Crippen LogP contribution >= 0.6 is 0 Å². The molecule has 128 valence electrons. The molecule has 0 saturated heterocycles. The van der Waals surface area contributed by atoms with E-state index in [9.17, 15) is 13.2 Å². The van der Waals surface area contributed by atoms with Crippen molar-refractivity contribution in [3.8, 4) is 22.6 Å². The van der Waals surface area contributed by atoms with Gasteiger partial charge in [-0.05, 0) is 35.9 Å². The van der Waals surface area contributed by atoms with Gasteiger partial charge in [0, 0.05) is 23.0 Å². The fraction of sp³-hybridized carbons (Fsp3) is 0.0526. The minimum Gasteiger partial charge on any atom is -0.456 e. The maximum atomic E-state index is 13.3. The van der Waals surface area contributed by atoms with Crippen LogP contribution in [0.15, 0.2) is 66.7 Å². The molecule has 0 saturated carbocycles. The number of halogens is 3. The lowest BCUT2D eigenvalue weighted by Gasteiger charge is -2.17. The Bertz CT molecular complexity index is 893. The molecule has 4 N–H and O–H groups in total. The molecule has 0 heterocycles. The van der Waals surface area contributed by atoms with Crippen LogP contribution in [0.4, 0.5) is 24.5 Å². The van der Waals surface area contributed by atoms with E-state index in [-0.39, 0.29) is 17.2 Å². The summed E-state index contributed by atoms with van der Waals surface area (Å²) in [6.45, 7) is 0. The Morgan fingerprint density at radius 1 is 0.720 bits per heavy atom. The Labute approximate surface area is 142 Å². The Morgan fingerprint density at radius 3 is 2.04 bits per heavy atom. The van der Waals surface area contributed by atoms with Crippen LogP contribution in [0.25, 0.3) is 11.1 Å². The number of rotatable bonds is 3. The SMILES string of the molecule is Nc1ccc(-c2ccccc2)c(Oc2ccc(N)cc2C(F)(F)F)c1. The fourth-order valence-electron chi connectivity index (χ4n) is 2.46. The minimum atomic E-state index is -4.59. The standard InChI is InChI=1S/C19H15F3N2O/c20-19(21,22)16-10-13(23)7-9-17(16)25-18-11-14(24)6-8-15(18)12-4-2-1-3-5-12/h1-11H,23-24H2. The van der Waals surface area contributed by atoms with Gasteiger partial charge in [0.1, 0.15) is 17.1 Å². The Hall–Kier alpha value is -3.15. The second-order valence-electron chi connectivity index (χ2n) is 5.48. The van der Waals surface area contributed by atoms with Crippen LogP contribution in [0.1, 0.15) is 5.56 Å². The van der Waals surface area contributed by atoms with Gasteiger partial charge < -0.3 is 16.2 Å². The van der Waals surface area contributed by atoms with Crippen molar-refractivity contribution >= 4 is 11.4 Å². The largest absolute Gasteiger partial charge is 0.456 e. The quantitative estimate of drug-likeness (QED) is 0.631. The molecule has 25 heavy (non-hydrogen) atoms. The normalized spacial score (nSPS) is 11.3. The predicted octanol–water partition coefficient (Wildman–Crippen LogP) is 5.33. The van der Waals surface area contributed by atoms with E-state index >= 15 is 0 Å². The first-order valence-electron chi connectivity index (χ1n) is 7.44. The highest BCUT2D eigenvalue weighted by molar-refractivity contribution is 5.73. The zero-order valence-electron chi connectivity index (χ0n) is 13.0. The molecule has 3 nitrogen and oxygen atoms in total. The topological polar surface area (TPSA) is 61.3 Å². The smallest absolute Gasteiger partial charge is 0.420 e. The summed E-state index contributed by atoms with van der Waals surface area (Å²) in [6.07, 6.45) is -4.59. The van der Waals surface area contributed by atoms with Crippen molar-refractivity contribution in [2.45, 2.75) is 6.18 Å². The number of benzene rings is 3. The average molecular weight is 344 g/mol. The van der Waals surface area contributed by atoms with Crippen molar-refractivity contribution in [3.63, 3.8) is 0 Å². The highest BCUT2D eigenvalue weighted by Gasteiger charge is 2.35. The van der Waals surface area contributed by atoms with Gasteiger partial charge in [-0.1, -0.05) is 30.3 Å². The summed E-state index contributed by atoms with van der Waals surface area (Å²) in [5, 5.41) is 0. The highest BCUT2D eigenvalue weighted by atomic mass is 19.4. The third kappa shape index (κ3) is 3.68. The molecular formula is C19H15F3N2O. The number of ether oxygens (including phenoxy) is 1. The molecule has 0 bridgehead atoms. The van der Waals surface area contributed by atoms with E-state index in [1.54, 1.807) is 12.1 Å². The molecule has 3 aromatic carbocycles. The van der Waals surface area contributed by atoms with Crippen molar-refractivity contribution in [3.05, 3.63) is 72.3 Å². The number of nitrogen functional groups attached to an aromatic ring is 2. The Balaban J connectivity index is 2.09. The fourth-order valence-corrected chi connectivity index (χ4v) is 2.46. The summed E-state index contributed by atoms with van der Waals surface area (Å²) in [5.74, 6) is -0.0917. The predicted molar refractivity (Wildman–Crippen MR) is 92.2 cm³/mol. The van der Waals surface area contributed by atoms with E-state index in [4.69, 9.17) is 16.2 Å². The van der Waals surface area contributed by atoms with Crippen LogP contribution in [0.2, 0.25) is 0 Å². The summed E-state index contributed by atoms with van der Waals surface area (Å²) in [5.41, 5.74) is 12.2. The molecule has 0 aromatic heterocycles. The lowest BCUT2D eigenvalue weighted by Crippen LogP contribution is -2.08. The molecule has 0 aliphatic heterocycles. The number of hydrogen-bond acceptors (Lipinski definition) is 3. The summed E-state index contributed by atoms with van der Waals surface area (Å²) in [4.78, 5) is 0. The van der Waals surface area contributed by atoms with Crippen molar-refractivity contribution in [2.24, 2.45) is 0 Å². The molecule has 0 fully saturated rings. The van der Waals surface area contributed by atoms with Gasteiger partial charge in [-0.15, -0.1) is 0 Å². The van der Waals surface area contributed by atoms with Crippen LogP contribution in [0.5, 0.6) is 11.5 Å². The molecule has 0 unspecified atom stereocenters. The first-order valence-corrected chi connectivity index (χ1v) is 7.44. The summed E-state index contributed by atoms with van der Waals surface area (Å²) >= 11 is 0. The summed E-state index contributed by atoms with van der Waals surface area (Å²) < 4.78 is 45.4. The van der Waals surface area contributed by atoms with Crippen LogP contribution in [0, 0.1) is 0 Å². The van der Waals surface area contributed by atoms with Gasteiger partial charge in [-0.2, -0.15) is 13.2 Å². The third-order valence-electron chi connectivity index (χ3n) is 3.62. The molecule has 0 atom stereocenters. The first-order chi connectivity index (χ1) is 11.8. The Kier molecular flexibility index (Phi) is 4.27. The van der Waals surface area contributed by atoms with E-state index in [2.05, 4.69) is 0 Å². The lowest BCUT2D eigenvalue weighted by molar-refractivity contribution is -0.138. The van der Waals surface area contributed by atoms with Gasteiger partial charge in [0.25, 0.3) is 0 Å². The van der Waals surface area contributed by atoms with Crippen molar-refractivity contribution in [2.75, 3.05) is 11.5 Å². The lowest BCUT2D eigenvalue weighted by atomic mass is 10.0. The van der Waals surface area contributed by atoms with Crippen LogP contribution in [0.3, 0.4) is 0 Å². The number of anilines is 2. The average Bonchev–Trinajstić information content (AvgIpc) is 2.56. The van der Waals surface area contributed by atoms with Gasteiger partial charge in [-0.3, -0.25) is 0 Å². The van der Waals surface area contributed by atoms with Crippen LogP contribution < -0.4 is 16.2 Å². The first kappa shape index (κ1) is 16.7. The van der Waals surface area contributed by atoms with E-state index in [1.807, 2.05) is 30.3 Å². The van der Waals surface area contributed by atoms with Crippen molar-refractivity contribution in [1.29, 1.82) is 0 Å². The molecule has 3 aromatic rings. The third-order valence-corrected chi connectivity index (χ3v) is 3.62. The summed E-state index contributed by atoms with van der Waals surface area (Å²) in [6, 6.07) is 17.5. The zero-order valence-corrected chi connectivity index (χ0v) is 13.0. The maximum Gasteiger partial charge on any atom is 0.420 e. The molecule has 3 rings (SSSR count). The molecule has 0 amide bonds. The molecule has 0 aliphatic rings. The van der Waals surface area contributed by atoms with E-state index < -0.39 is 11.7 Å². The molecular weight excluding hydrogens is 329 g/mol. The number of alkyl halides is 3. The van der Waals surface area contributed by atoms with Gasteiger partial charge in [0.15, 0.2) is 0 Å². The maximum absolute atomic E-state index is 13.3. The number of nitrogens with two attached hydrogens (primary N) is 2. The summed E-state index contributed by atoms with van der Waals surface area (Å²) in [7, 11) is 0. The monoisotopic (exact) mass is 344 g/mol. The second kappa shape index (κ2) is 6.39. The molecule has 0 spiro atoms. The highest BCUT2D eigenvalue weighted by Crippen LogP contribution is 2.41. The Morgan fingerprint density at radius 2 is 1.36 bits per heavy atom. The van der Waals surface area contributed by atoms with E-state index in [0.717, 1.165) is 11.6 Å². The van der Waals surface area contributed by atoms with Gasteiger partial charge in [0.2, 0.25) is 0 Å². The molecule has 0 radical (unpaired) electrons. The number of hydrogen-bond donors (Lipinski definition) is 2. The second-order valence-corrected chi connectivity index (χ2v) is 5.48. The van der Waals surface area contributed by atoms with Gasteiger partial charge in [0.05, 0.1) is 0 Å². The van der Waals surface area contributed by atoms with E-state index in [1.165, 1.54) is 18.2 Å². The molecule has 6 heteroatoms. The van der Waals surface area contributed by atoms with Crippen molar-refractivity contribution in [1.82, 2.24) is 0 Å². The zero-order chi connectivity index (χ0) is 18.0. The van der Waals surface area contributed by atoms with Crippen molar-refractivity contribution < 1.29 is 17.9 Å². The van der Waals surface area contributed by atoms with Crippen LogP contribution in [-0.4, -0.2) is 0 Å². The minimum absolute atomic E-state index is 0.00975. The van der Waals surface area contributed by atoms with Gasteiger partial charge in [-0.25, -0.2) is 0 Å². The van der Waals surface area contributed by atoms with E-state index in [0.29, 0.717) is 11.3 Å².